The van der Waals surface area contributed by atoms with Crippen LogP contribution in [0.1, 0.15) is 33.3 Å². The number of hydrogen-bond donors (Lipinski definition) is 3. The Bertz CT molecular complexity index is 532. The van der Waals surface area contributed by atoms with E-state index in [1.165, 1.54) is 6.08 Å². The standard InChI is InChI=1S/C16H24BNO4/c1-15(2,20)16(3,4)22-17(21)13-9-6-12(7-10-13)8-11-14(19)18-5/h6-11,20-21H,1-5H3,(H,18,19)/b11-8+. The molecule has 22 heavy (non-hydrogen) atoms. The molecule has 5 nitrogen and oxygen atoms in total. The van der Waals surface area contributed by atoms with Crippen LogP contribution >= 0.6 is 0 Å². The van der Waals surface area contributed by atoms with Gasteiger partial charge in [-0.3, -0.25) is 4.79 Å². The van der Waals surface area contributed by atoms with E-state index in [4.69, 9.17) is 4.65 Å². The SMILES string of the molecule is CNC(=O)/C=C/c1ccc(B(O)OC(C)(C)C(C)(C)O)cc1. The highest BCUT2D eigenvalue weighted by Gasteiger charge is 2.39. The van der Waals surface area contributed by atoms with Gasteiger partial charge in [-0.25, -0.2) is 0 Å². The fourth-order valence-corrected chi connectivity index (χ4v) is 1.52. The van der Waals surface area contributed by atoms with Crippen molar-refractivity contribution < 1.29 is 19.6 Å². The lowest BCUT2D eigenvalue weighted by Gasteiger charge is -2.38. The van der Waals surface area contributed by atoms with Crippen molar-refractivity contribution in [3.8, 4) is 0 Å². The Morgan fingerprint density at radius 3 is 2.23 bits per heavy atom. The zero-order chi connectivity index (χ0) is 17.0. The lowest BCUT2D eigenvalue weighted by molar-refractivity contribution is -0.115. The van der Waals surface area contributed by atoms with E-state index in [0.717, 1.165) is 5.56 Å². The molecule has 0 heterocycles. The molecule has 0 bridgehead atoms. The highest BCUT2D eigenvalue weighted by molar-refractivity contribution is 6.60. The second-order valence-electron chi connectivity index (χ2n) is 6.15. The van der Waals surface area contributed by atoms with Crippen molar-refractivity contribution in [2.45, 2.75) is 38.9 Å². The maximum absolute atomic E-state index is 11.1. The van der Waals surface area contributed by atoms with Crippen molar-refractivity contribution in [3.63, 3.8) is 0 Å². The number of nitrogens with one attached hydrogen (secondary N) is 1. The molecule has 1 rings (SSSR count). The summed E-state index contributed by atoms with van der Waals surface area (Å²) in [6, 6.07) is 6.99. The molecule has 0 atom stereocenters. The summed E-state index contributed by atoms with van der Waals surface area (Å²) in [5.74, 6) is -0.181. The van der Waals surface area contributed by atoms with Gasteiger partial charge in [0.05, 0.1) is 11.2 Å². The number of rotatable bonds is 6. The Labute approximate surface area is 132 Å². The largest absolute Gasteiger partial charge is 0.491 e. The molecule has 0 saturated heterocycles. The van der Waals surface area contributed by atoms with Crippen molar-refractivity contribution in [2.75, 3.05) is 7.05 Å². The average Bonchev–Trinajstić information content (AvgIpc) is 2.43. The summed E-state index contributed by atoms with van der Waals surface area (Å²) < 4.78 is 5.57. The van der Waals surface area contributed by atoms with Crippen LogP contribution in [0.3, 0.4) is 0 Å². The van der Waals surface area contributed by atoms with E-state index in [1.807, 2.05) is 0 Å². The normalized spacial score (nSPS) is 12.5. The third-order valence-corrected chi connectivity index (χ3v) is 3.77. The summed E-state index contributed by atoms with van der Waals surface area (Å²) in [4.78, 5) is 11.1. The Morgan fingerprint density at radius 1 is 1.23 bits per heavy atom. The van der Waals surface area contributed by atoms with Crippen LogP contribution in [-0.2, 0) is 9.45 Å². The van der Waals surface area contributed by atoms with Gasteiger partial charge in [0.15, 0.2) is 0 Å². The summed E-state index contributed by atoms with van der Waals surface area (Å²) in [6.07, 6.45) is 3.11. The third-order valence-electron chi connectivity index (χ3n) is 3.77. The summed E-state index contributed by atoms with van der Waals surface area (Å²) >= 11 is 0. The predicted molar refractivity (Wildman–Crippen MR) is 88.6 cm³/mol. The molecule has 3 N–H and O–H groups in total. The second kappa shape index (κ2) is 7.09. The van der Waals surface area contributed by atoms with Crippen LogP contribution < -0.4 is 10.8 Å². The van der Waals surface area contributed by atoms with Gasteiger partial charge in [-0.15, -0.1) is 0 Å². The molecule has 0 aliphatic carbocycles. The molecule has 1 aromatic carbocycles. The smallest absolute Gasteiger partial charge is 0.423 e. The highest BCUT2D eigenvalue weighted by Crippen LogP contribution is 2.25. The molecule has 0 fully saturated rings. The molecule has 0 aliphatic heterocycles. The van der Waals surface area contributed by atoms with Crippen molar-refractivity contribution in [1.82, 2.24) is 5.32 Å². The van der Waals surface area contributed by atoms with Gasteiger partial charge in [-0.1, -0.05) is 24.3 Å². The molecule has 1 aromatic rings. The van der Waals surface area contributed by atoms with Crippen LogP contribution in [0.15, 0.2) is 30.3 Å². The molecular formula is C16H24BNO4. The van der Waals surface area contributed by atoms with Gasteiger partial charge in [0, 0.05) is 13.1 Å². The van der Waals surface area contributed by atoms with Crippen LogP contribution in [-0.4, -0.2) is 41.4 Å². The summed E-state index contributed by atoms with van der Waals surface area (Å²) in [7, 11) is 0.423. The molecule has 0 aliphatic rings. The van der Waals surface area contributed by atoms with E-state index in [9.17, 15) is 14.9 Å². The van der Waals surface area contributed by atoms with E-state index in [-0.39, 0.29) is 5.91 Å². The van der Waals surface area contributed by atoms with E-state index in [1.54, 1.807) is 65.1 Å². The second-order valence-corrected chi connectivity index (χ2v) is 6.15. The number of carbonyl (C=O) groups excluding carboxylic acids is 1. The fraction of sp³-hybridized carbons (Fsp3) is 0.438. The molecule has 0 radical (unpaired) electrons. The maximum atomic E-state index is 11.1. The van der Waals surface area contributed by atoms with Crippen molar-refractivity contribution in [2.24, 2.45) is 0 Å². The number of carbonyl (C=O) groups is 1. The van der Waals surface area contributed by atoms with Gasteiger partial charge in [0.25, 0.3) is 0 Å². The van der Waals surface area contributed by atoms with Crippen LogP contribution in [0.4, 0.5) is 0 Å². The zero-order valence-corrected chi connectivity index (χ0v) is 13.8. The first-order valence-corrected chi connectivity index (χ1v) is 7.15. The minimum atomic E-state index is -1.14. The van der Waals surface area contributed by atoms with Crippen LogP contribution in [0.25, 0.3) is 6.08 Å². The number of hydrogen-bond acceptors (Lipinski definition) is 4. The van der Waals surface area contributed by atoms with Crippen molar-refractivity contribution in [1.29, 1.82) is 0 Å². The molecular weight excluding hydrogens is 281 g/mol. The minimum Gasteiger partial charge on any atom is -0.423 e. The quantitative estimate of drug-likeness (QED) is 0.534. The number of likely N-dealkylation sites (N-methyl/N-ethyl adjacent to an activating group) is 1. The highest BCUT2D eigenvalue weighted by atomic mass is 16.5. The van der Waals surface area contributed by atoms with Crippen LogP contribution in [0.5, 0.6) is 0 Å². The summed E-state index contributed by atoms with van der Waals surface area (Å²) in [5, 5.41) is 22.7. The first kappa shape index (κ1) is 18.4. The van der Waals surface area contributed by atoms with Gasteiger partial charge >= 0.3 is 7.12 Å². The first-order chi connectivity index (χ1) is 10.1. The van der Waals surface area contributed by atoms with Crippen LogP contribution in [0.2, 0.25) is 0 Å². The number of benzene rings is 1. The average molecular weight is 305 g/mol. The number of aliphatic hydroxyl groups is 1. The zero-order valence-electron chi connectivity index (χ0n) is 13.8. The van der Waals surface area contributed by atoms with Gasteiger partial charge in [0.2, 0.25) is 5.91 Å². The molecule has 0 unspecified atom stereocenters. The molecule has 6 heteroatoms. The Hall–Kier alpha value is -1.63. The Balaban J connectivity index is 2.78. The van der Waals surface area contributed by atoms with Gasteiger partial charge in [0.1, 0.15) is 0 Å². The lowest BCUT2D eigenvalue weighted by atomic mass is 9.76. The van der Waals surface area contributed by atoms with Gasteiger partial charge in [-0.05, 0) is 44.8 Å². The van der Waals surface area contributed by atoms with Crippen LogP contribution in [0, 0.1) is 0 Å². The summed E-state index contributed by atoms with van der Waals surface area (Å²) in [6.45, 7) is 6.70. The number of amides is 1. The maximum Gasteiger partial charge on any atom is 0.491 e. The van der Waals surface area contributed by atoms with E-state index in [2.05, 4.69) is 5.32 Å². The topological polar surface area (TPSA) is 78.8 Å². The Morgan fingerprint density at radius 2 is 1.77 bits per heavy atom. The molecule has 120 valence electrons. The monoisotopic (exact) mass is 305 g/mol. The lowest BCUT2D eigenvalue weighted by Crippen LogP contribution is -2.53. The Kier molecular flexibility index (Phi) is 5.94. The molecule has 0 spiro atoms. The molecule has 0 aromatic heterocycles. The van der Waals surface area contributed by atoms with Gasteiger partial charge < -0.3 is 20.1 Å². The minimum absolute atomic E-state index is 0.181. The fourth-order valence-electron chi connectivity index (χ4n) is 1.52. The van der Waals surface area contributed by atoms with Crippen molar-refractivity contribution >= 4 is 24.6 Å². The third kappa shape index (κ3) is 4.98. The van der Waals surface area contributed by atoms with Gasteiger partial charge in [-0.2, -0.15) is 0 Å². The first-order valence-electron chi connectivity index (χ1n) is 7.15. The summed E-state index contributed by atoms with van der Waals surface area (Å²) in [5.41, 5.74) is -0.593. The van der Waals surface area contributed by atoms with E-state index < -0.39 is 18.3 Å². The van der Waals surface area contributed by atoms with E-state index in [0.29, 0.717) is 5.46 Å². The predicted octanol–water partition coefficient (Wildman–Crippen LogP) is 0.699. The molecule has 1 amide bonds. The van der Waals surface area contributed by atoms with Crippen molar-refractivity contribution in [3.05, 3.63) is 35.9 Å². The van der Waals surface area contributed by atoms with E-state index >= 15 is 0 Å². The molecule has 0 saturated carbocycles.